The minimum absolute atomic E-state index is 0.101. The number of carbonyl (C=O) groups excluding carboxylic acids is 1. The van der Waals surface area contributed by atoms with Gasteiger partial charge in [-0.05, 0) is 57.2 Å². The van der Waals surface area contributed by atoms with Crippen LogP contribution in [0.25, 0.3) is 0 Å². The third-order valence-corrected chi connectivity index (χ3v) is 4.62. The van der Waals surface area contributed by atoms with Crippen molar-refractivity contribution in [1.82, 2.24) is 4.98 Å². The van der Waals surface area contributed by atoms with Crippen molar-refractivity contribution in [2.75, 3.05) is 23.3 Å². The SMILES string of the molecule is Cc1cc(C)c(NC(=O)c2cncc(N3CCCCC3)c2)c(C)c1. The van der Waals surface area contributed by atoms with Gasteiger partial charge < -0.3 is 10.2 Å². The molecule has 1 saturated heterocycles. The maximum absolute atomic E-state index is 12.7. The zero-order chi connectivity index (χ0) is 17.1. The van der Waals surface area contributed by atoms with Crippen molar-refractivity contribution in [3.63, 3.8) is 0 Å². The molecule has 0 atom stereocenters. The molecule has 126 valence electrons. The zero-order valence-electron chi connectivity index (χ0n) is 14.7. The van der Waals surface area contributed by atoms with E-state index < -0.39 is 0 Å². The molecular formula is C20H25N3O. The number of piperidine rings is 1. The number of aryl methyl sites for hydroxylation is 3. The molecule has 4 heteroatoms. The molecule has 0 saturated carbocycles. The lowest BCUT2D eigenvalue weighted by molar-refractivity contribution is 0.102. The van der Waals surface area contributed by atoms with Crippen molar-refractivity contribution in [3.05, 3.63) is 52.8 Å². The van der Waals surface area contributed by atoms with E-state index in [9.17, 15) is 4.79 Å². The van der Waals surface area contributed by atoms with Crippen molar-refractivity contribution in [2.24, 2.45) is 0 Å². The van der Waals surface area contributed by atoms with Crippen LogP contribution in [0.2, 0.25) is 0 Å². The summed E-state index contributed by atoms with van der Waals surface area (Å²) in [7, 11) is 0. The summed E-state index contributed by atoms with van der Waals surface area (Å²) >= 11 is 0. The van der Waals surface area contributed by atoms with E-state index in [-0.39, 0.29) is 5.91 Å². The van der Waals surface area contributed by atoms with Gasteiger partial charge in [-0.2, -0.15) is 0 Å². The molecule has 24 heavy (non-hydrogen) atoms. The number of nitrogens with one attached hydrogen (secondary N) is 1. The van der Waals surface area contributed by atoms with Gasteiger partial charge in [-0.1, -0.05) is 17.7 Å². The van der Waals surface area contributed by atoms with Crippen LogP contribution in [0.15, 0.2) is 30.6 Å². The van der Waals surface area contributed by atoms with Gasteiger partial charge in [0.25, 0.3) is 5.91 Å². The summed E-state index contributed by atoms with van der Waals surface area (Å²) < 4.78 is 0. The standard InChI is InChI=1S/C20H25N3O/c1-14-9-15(2)19(16(3)10-14)22-20(24)17-11-18(13-21-12-17)23-7-5-4-6-8-23/h9-13H,4-8H2,1-3H3,(H,22,24). The van der Waals surface area contributed by atoms with Gasteiger partial charge in [-0.25, -0.2) is 0 Å². The molecule has 1 aromatic heterocycles. The Kier molecular flexibility index (Phi) is 4.84. The van der Waals surface area contributed by atoms with Crippen LogP contribution in [-0.2, 0) is 0 Å². The van der Waals surface area contributed by atoms with E-state index in [2.05, 4.69) is 34.3 Å². The first-order valence-electron chi connectivity index (χ1n) is 8.64. The van der Waals surface area contributed by atoms with E-state index in [1.54, 1.807) is 6.20 Å². The van der Waals surface area contributed by atoms with Gasteiger partial charge in [-0.3, -0.25) is 9.78 Å². The average Bonchev–Trinajstić information content (AvgIpc) is 2.59. The molecule has 0 unspecified atom stereocenters. The first kappa shape index (κ1) is 16.5. The van der Waals surface area contributed by atoms with Gasteiger partial charge in [0.05, 0.1) is 17.4 Å². The Morgan fingerprint density at radius 1 is 1.00 bits per heavy atom. The van der Waals surface area contributed by atoms with Crippen molar-refractivity contribution >= 4 is 17.3 Å². The topological polar surface area (TPSA) is 45.2 Å². The third-order valence-electron chi connectivity index (χ3n) is 4.62. The van der Waals surface area contributed by atoms with Crippen LogP contribution in [0.3, 0.4) is 0 Å². The van der Waals surface area contributed by atoms with Gasteiger partial charge in [0.1, 0.15) is 0 Å². The number of anilines is 2. The molecule has 4 nitrogen and oxygen atoms in total. The summed E-state index contributed by atoms with van der Waals surface area (Å²) in [5, 5.41) is 3.05. The van der Waals surface area contributed by atoms with Crippen LogP contribution < -0.4 is 10.2 Å². The van der Waals surface area contributed by atoms with E-state index in [0.29, 0.717) is 5.56 Å². The van der Waals surface area contributed by atoms with Crippen molar-refractivity contribution in [3.8, 4) is 0 Å². The largest absolute Gasteiger partial charge is 0.370 e. The van der Waals surface area contributed by atoms with E-state index in [4.69, 9.17) is 0 Å². The van der Waals surface area contributed by atoms with Gasteiger partial charge in [-0.15, -0.1) is 0 Å². The van der Waals surface area contributed by atoms with Crippen LogP contribution in [-0.4, -0.2) is 24.0 Å². The number of pyridine rings is 1. The summed E-state index contributed by atoms with van der Waals surface area (Å²) in [4.78, 5) is 19.3. The van der Waals surface area contributed by atoms with Crippen LogP contribution >= 0.6 is 0 Å². The third kappa shape index (κ3) is 3.58. The molecule has 1 amide bonds. The highest BCUT2D eigenvalue weighted by atomic mass is 16.1. The fourth-order valence-electron chi connectivity index (χ4n) is 3.44. The van der Waals surface area contributed by atoms with Crippen molar-refractivity contribution < 1.29 is 4.79 Å². The van der Waals surface area contributed by atoms with E-state index in [0.717, 1.165) is 35.6 Å². The lowest BCUT2D eigenvalue weighted by atomic mass is 10.0. The number of carbonyl (C=O) groups is 1. The maximum atomic E-state index is 12.7. The molecule has 0 bridgehead atoms. The molecule has 3 rings (SSSR count). The van der Waals surface area contributed by atoms with Crippen LogP contribution in [0.5, 0.6) is 0 Å². The predicted octanol–water partition coefficient (Wildman–Crippen LogP) is 4.25. The molecule has 2 heterocycles. The van der Waals surface area contributed by atoms with E-state index in [1.165, 1.54) is 24.8 Å². The van der Waals surface area contributed by atoms with E-state index in [1.807, 2.05) is 26.1 Å². The number of rotatable bonds is 3. The summed E-state index contributed by atoms with van der Waals surface area (Å²) in [6.45, 7) is 8.21. The second-order valence-electron chi connectivity index (χ2n) is 6.71. The number of aromatic nitrogens is 1. The summed E-state index contributed by atoms with van der Waals surface area (Å²) in [5.41, 5.74) is 5.92. The van der Waals surface area contributed by atoms with Gasteiger partial charge >= 0.3 is 0 Å². The second kappa shape index (κ2) is 7.04. The molecule has 1 aliphatic heterocycles. The Labute approximate surface area is 143 Å². The first-order valence-corrected chi connectivity index (χ1v) is 8.64. The van der Waals surface area contributed by atoms with Gasteiger partial charge in [0, 0.05) is 25.0 Å². The highest BCUT2D eigenvalue weighted by Gasteiger charge is 2.15. The quantitative estimate of drug-likeness (QED) is 0.918. The number of hydrogen-bond acceptors (Lipinski definition) is 3. The first-order chi connectivity index (χ1) is 11.5. The average molecular weight is 323 g/mol. The van der Waals surface area contributed by atoms with E-state index >= 15 is 0 Å². The number of benzene rings is 1. The summed E-state index contributed by atoms with van der Waals surface area (Å²) in [6.07, 6.45) is 7.19. The predicted molar refractivity (Wildman–Crippen MR) is 98.9 cm³/mol. The van der Waals surface area contributed by atoms with Crippen molar-refractivity contribution in [2.45, 2.75) is 40.0 Å². The Balaban J connectivity index is 1.80. The Morgan fingerprint density at radius 2 is 1.67 bits per heavy atom. The smallest absolute Gasteiger partial charge is 0.257 e. The summed E-state index contributed by atoms with van der Waals surface area (Å²) in [5.74, 6) is -0.101. The summed E-state index contributed by atoms with van der Waals surface area (Å²) in [6, 6.07) is 6.13. The Hall–Kier alpha value is -2.36. The molecule has 0 spiro atoms. The maximum Gasteiger partial charge on any atom is 0.257 e. The highest BCUT2D eigenvalue weighted by molar-refractivity contribution is 6.05. The minimum atomic E-state index is -0.101. The van der Waals surface area contributed by atoms with Crippen LogP contribution in [0.4, 0.5) is 11.4 Å². The highest BCUT2D eigenvalue weighted by Crippen LogP contribution is 2.24. The fraction of sp³-hybridized carbons (Fsp3) is 0.400. The zero-order valence-corrected chi connectivity index (χ0v) is 14.7. The van der Waals surface area contributed by atoms with Crippen molar-refractivity contribution in [1.29, 1.82) is 0 Å². The minimum Gasteiger partial charge on any atom is -0.370 e. The second-order valence-corrected chi connectivity index (χ2v) is 6.71. The van der Waals surface area contributed by atoms with Crippen LogP contribution in [0, 0.1) is 20.8 Å². The Morgan fingerprint density at radius 3 is 2.33 bits per heavy atom. The monoisotopic (exact) mass is 323 g/mol. The number of hydrogen-bond donors (Lipinski definition) is 1. The molecule has 1 aliphatic rings. The lowest BCUT2D eigenvalue weighted by Gasteiger charge is -2.28. The molecular weight excluding hydrogens is 298 g/mol. The normalized spacial score (nSPS) is 14.5. The molecule has 0 radical (unpaired) electrons. The number of nitrogens with zero attached hydrogens (tertiary/aromatic N) is 2. The Bertz CT molecular complexity index is 725. The molecule has 1 fully saturated rings. The molecule has 0 aliphatic carbocycles. The molecule has 1 aromatic carbocycles. The van der Waals surface area contributed by atoms with Crippen LogP contribution in [0.1, 0.15) is 46.3 Å². The molecule has 2 aromatic rings. The number of amides is 1. The molecule has 1 N–H and O–H groups in total. The van der Waals surface area contributed by atoms with Gasteiger partial charge in [0.15, 0.2) is 0 Å². The fourth-order valence-corrected chi connectivity index (χ4v) is 3.44. The van der Waals surface area contributed by atoms with Gasteiger partial charge in [0.2, 0.25) is 0 Å². The lowest BCUT2D eigenvalue weighted by Crippen LogP contribution is -2.29.